The number of ether oxygens (including phenoxy) is 1. The number of carbonyl (C=O) groups is 1. The molecule has 2 aromatic rings. The van der Waals surface area contributed by atoms with Crippen molar-refractivity contribution in [2.24, 2.45) is 24.8 Å². The Kier molecular flexibility index (Phi) is 5.12. The number of esters is 1. The highest BCUT2D eigenvalue weighted by molar-refractivity contribution is 5.74. The van der Waals surface area contributed by atoms with Crippen LogP contribution in [0.3, 0.4) is 0 Å². The van der Waals surface area contributed by atoms with Crippen molar-refractivity contribution in [3.05, 3.63) is 47.5 Å². The number of aromatic nitrogens is 3. The summed E-state index contributed by atoms with van der Waals surface area (Å²) in [6.07, 6.45) is 7.22. The topological polar surface area (TPSA) is 69.0 Å². The van der Waals surface area contributed by atoms with Crippen LogP contribution < -0.4 is 5.32 Å². The normalized spacial score (nSPS) is 28.4. The zero-order valence-corrected chi connectivity index (χ0v) is 17.1. The first kappa shape index (κ1) is 18.8. The molecule has 154 valence electrons. The molecule has 1 aromatic heterocycles. The van der Waals surface area contributed by atoms with Crippen molar-refractivity contribution >= 4 is 5.97 Å². The van der Waals surface area contributed by atoms with E-state index in [1.807, 2.05) is 30.3 Å². The molecule has 1 aromatic carbocycles. The van der Waals surface area contributed by atoms with E-state index in [9.17, 15) is 4.79 Å². The van der Waals surface area contributed by atoms with E-state index in [4.69, 9.17) is 4.74 Å². The molecule has 0 saturated heterocycles. The van der Waals surface area contributed by atoms with E-state index in [-0.39, 0.29) is 17.9 Å². The monoisotopic (exact) mass is 394 g/mol. The van der Waals surface area contributed by atoms with Crippen molar-refractivity contribution < 1.29 is 9.53 Å². The van der Waals surface area contributed by atoms with Gasteiger partial charge >= 0.3 is 5.97 Å². The number of nitrogens with zero attached hydrogens (tertiary/aromatic N) is 3. The van der Waals surface area contributed by atoms with Crippen LogP contribution in [0.1, 0.15) is 61.7 Å². The lowest BCUT2D eigenvalue weighted by atomic mass is 9.84. The quantitative estimate of drug-likeness (QED) is 0.730. The van der Waals surface area contributed by atoms with E-state index in [1.54, 1.807) is 0 Å². The van der Waals surface area contributed by atoms with Gasteiger partial charge in [-0.3, -0.25) is 4.79 Å². The molecule has 0 unspecified atom stereocenters. The molecular formula is C23H30N4O2. The molecule has 4 atom stereocenters. The smallest absolute Gasteiger partial charge is 0.311 e. The van der Waals surface area contributed by atoms with Crippen molar-refractivity contribution in [2.45, 2.75) is 63.6 Å². The van der Waals surface area contributed by atoms with Gasteiger partial charge in [-0.15, -0.1) is 10.2 Å². The second-order valence-corrected chi connectivity index (χ2v) is 9.02. The molecule has 6 heteroatoms. The van der Waals surface area contributed by atoms with Crippen LogP contribution in [0.15, 0.2) is 30.3 Å². The van der Waals surface area contributed by atoms with Gasteiger partial charge in [-0.25, -0.2) is 0 Å². The van der Waals surface area contributed by atoms with Gasteiger partial charge in [-0.1, -0.05) is 36.8 Å². The molecule has 0 amide bonds. The summed E-state index contributed by atoms with van der Waals surface area (Å²) in [6.45, 7) is 1.01. The van der Waals surface area contributed by atoms with E-state index < -0.39 is 0 Å². The molecule has 3 aliphatic carbocycles. The molecule has 3 aliphatic rings. The molecule has 0 radical (unpaired) electrons. The van der Waals surface area contributed by atoms with Gasteiger partial charge in [0.2, 0.25) is 0 Å². The third-order valence-corrected chi connectivity index (χ3v) is 7.38. The van der Waals surface area contributed by atoms with Crippen LogP contribution in [-0.4, -0.2) is 26.8 Å². The maximum Gasteiger partial charge on any atom is 0.311 e. The second kappa shape index (κ2) is 7.90. The molecule has 6 nitrogen and oxygen atoms in total. The summed E-state index contributed by atoms with van der Waals surface area (Å²) < 4.78 is 7.86. The molecule has 3 fully saturated rings. The Bertz CT molecular complexity index is 861. The predicted molar refractivity (Wildman–Crippen MR) is 109 cm³/mol. The average molecular weight is 395 g/mol. The van der Waals surface area contributed by atoms with E-state index in [0.717, 1.165) is 30.1 Å². The summed E-state index contributed by atoms with van der Waals surface area (Å²) in [4.78, 5) is 12.9. The Morgan fingerprint density at radius 3 is 2.69 bits per heavy atom. The van der Waals surface area contributed by atoms with Crippen LogP contribution in [0.25, 0.3) is 0 Å². The maximum absolute atomic E-state index is 12.9. The van der Waals surface area contributed by atoms with Crippen LogP contribution in [-0.2, 0) is 29.7 Å². The fraction of sp³-hybridized carbons (Fsp3) is 0.609. The highest BCUT2D eigenvalue weighted by atomic mass is 16.5. The molecule has 0 spiro atoms. The average Bonchev–Trinajstić information content (AvgIpc) is 3.40. The molecule has 0 aliphatic heterocycles. The summed E-state index contributed by atoms with van der Waals surface area (Å²) in [7, 11) is 2.07. The van der Waals surface area contributed by atoms with Crippen LogP contribution in [0, 0.1) is 17.8 Å². The summed E-state index contributed by atoms with van der Waals surface area (Å²) >= 11 is 0. The molecule has 2 bridgehead atoms. The maximum atomic E-state index is 12.9. The third-order valence-electron chi connectivity index (χ3n) is 7.38. The summed E-state index contributed by atoms with van der Waals surface area (Å²) in [6, 6.07) is 10.1. The SMILES string of the molecule is Cn1c(CN[C@@H]2[C@H]3CC[C@@H](C3)[C@@H]2C(=O)OCc2ccccc2)nnc1C1CCC1. The highest BCUT2D eigenvalue weighted by Crippen LogP contribution is 2.49. The summed E-state index contributed by atoms with van der Waals surface area (Å²) in [5.41, 5.74) is 1.04. The second-order valence-electron chi connectivity index (χ2n) is 9.02. The lowest BCUT2D eigenvalue weighted by Crippen LogP contribution is -2.44. The standard InChI is InChI=1S/C23H30N4O2/c1-27-19(25-26-22(27)16-8-5-9-16)13-24-21-18-11-10-17(12-18)20(21)23(28)29-14-15-6-3-2-4-7-15/h2-4,6-7,16-18,20-21,24H,5,8-14H2,1H3/t17-,18-,20-,21+/m0/s1. The van der Waals surface area contributed by atoms with Gasteiger partial charge in [-0.05, 0) is 49.5 Å². The fourth-order valence-corrected chi connectivity index (χ4v) is 5.51. The molecule has 1 N–H and O–H groups in total. The number of hydrogen-bond acceptors (Lipinski definition) is 5. The molecule has 5 rings (SSSR count). The fourth-order valence-electron chi connectivity index (χ4n) is 5.51. The third kappa shape index (κ3) is 3.59. The first-order chi connectivity index (χ1) is 14.2. The van der Waals surface area contributed by atoms with Gasteiger partial charge in [0.1, 0.15) is 18.3 Å². The van der Waals surface area contributed by atoms with Crippen LogP contribution in [0.4, 0.5) is 0 Å². The number of benzene rings is 1. The molecule has 29 heavy (non-hydrogen) atoms. The molecule has 1 heterocycles. The number of rotatable bonds is 7. The van der Waals surface area contributed by atoms with Gasteiger partial charge in [0.05, 0.1) is 12.5 Å². The van der Waals surface area contributed by atoms with Crippen molar-refractivity contribution in [2.75, 3.05) is 0 Å². The minimum absolute atomic E-state index is 0.0446. The number of carbonyl (C=O) groups excluding carboxylic acids is 1. The minimum atomic E-state index is -0.0494. The van der Waals surface area contributed by atoms with E-state index in [0.29, 0.717) is 30.9 Å². The Labute approximate surface area is 172 Å². The van der Waals surface area contributed by atoms with E-state index >= 15 is 0 Å². The van der Waals surface area contributed by atoms with Gasteiger partial charge < -0.3 is 14.6 Å². The Hall–Kier alpha value is -2.21. The van der Waals surface area contributed by atoms with Crippen LogP contribution in [0.5, 0.6) is 0 Å². The van der Waals surface area contributed by atoms with Crippen molar-refractivity contribution in [1.82, 2.24) is 20.1 Å². The molecule has 3 saturated carbocycles. The zero-order chi connectivity index (χ0) is 19.8. The van der Waals surface area contributed by atoms with Crippen molar-refractivity contribution in [1.29, 1.82) is 0 Å². The summed E-state index contributed by atoms with van der Waals surface area (Å²) in [5, 5.41) is 12.5. The van der Waals surface area contributed by atoms with Crippen molar-refractivity contribution in [3.8, 4) is 0 Å². The molecular weight excluding hydrogens is 364 g/mol. The van der Waals surface area contributed by atoms with Crippen LogP contribution in [0.2, 0.25) is 0 Å². The van der Waals surface area contributed by atoms with E-state index in [1.165, 1.54) is 25.7 Å². The predicted octanol–water partition coefficient (Wildman–Crippen LogP) is 3.33. The number of fused-ring (bicyclic) bond motifs is 2. The Morgan fingerprint density at radius 2 is 1.93 bits per heavy atom. The lowest BCUT2D eigenvalue weighted by Gasteiger charge is -2.30. The zero-order valence-electron chi connectivity index (χ0n) is 17.1. The van der Waals surface area contributed by atoms with Gasteiger partial charge in [0, 0.05) is 19.0 Å². The van der Waals surface area contributed by atoms with Gasteiger partial charge in [-0.2, -0.15) is 0 Å². The van der Waals surface area contributed by atoms with Gasteiger partial charge in [0.25, 0.3) is 0 Å². The number of nitrogens with one attached hydrogen (secondary N) is 1. The number of hydrogen-bond donors (Lipinski definition) is 1. The highest BCUT2D eigenvalue weighted by Gasteiger charge is 2.51. The first-order valence-corrected chi connectivity index (χ1v) is 11.0. The Morgan fingerprint density at radius 1 is 1.14 bits per heavy atom. The van der Waals surface area contributed by atoms with E-state index in [2.05, 4.69) is 27.1 Å². The first-order valence-electron chi connectivity index (χ1n) is 11.0. The Balaban J connectivity index is 1.22. The largest absolute Gasteiger partial charge is 0.461 e. The van der Waals surface area contributed by atoms with Gasteiger partial charge in [0.15, 0.2) is 0 Å². The lowest BCUT2D eigenvalue weighted by molar-refractivity contribution is -0.152. The van der Waals surface area contributed by atoms with Crippen LogP contribution >= 0.6 is 0 Å². The minimum Gasteiger partial charge on any atom is -0.461 e. The summed E-state index contributed by atoms with van der Waals surface area (Å²) in [5.74, 6) is 3.57. The van der Waals surface area contributed by atoms with Crippen molar-refractivity contribution in [3.63, 3.8) is 0 Å².